The van der Waals surface area contributed by atoms with Gasteiger partial charge in [-0.15, -0.1) is 0 Å². The lowest BCUT2D eigenvalue weighted by molar-refractivity contribution is 0.433. The molecule has 3 heteroatoms. The molecule has 3 nitrogen and oxygen atoms in total. The van der Waals surface area contributed by atoms with E-state index in [2.05, 4.69) is 31.2 Å². The average molecular weight is 316 g/mol. The summed E-state index contributed by atoms with van der Waals surface area (Å²) in [5.41, 5.74) is 2.88. The molecule has 3 aromatic rings. The SMILES string of the molecule is CC1C=CC=CC1Cn1c(=O)n(-c2ccccc2)c2ccccc21. The van der Waals surface area contributed by atoms with Gasteiger partial charge in [0, 0.05) is 12.5 Å². The van der Waals surface area contributed by atoms with Gasteiger partial charge < -0.3 is 0 Å². The van der Waals surface area contributed by atoms with Gasteiger partial charge >= 0.3 is 5.69 Å². The molecule has 0 aliphatic heterocycles. The molecule has 0 bridgehead atoms. The summed E-state index contributed by atoms with van der Waals surface area (Å²) >= 11 is 0. The van der Waals surface area contributed by atoms with Crippen molar-refractivity contribution in [1.29, 1.82) is 0 Å². The van der Waals surface area contributed by atoms with Crippen LogP contribution in [-0.4, -0.2) is 9.13 Å². The van der Waals surface area contributed by atoms with Gasteiger partial charge in [0.15, 0.2) is 0 Å². The fourth-order valence-corrected chi connectivity index (χ4v) is 3.41. The van der Waals surface area contributed by atoms with E-state index in [9.17, 15) is 4.79 Å². The van der Waals surface area contributed by atoms with Crippen molar-refractivity contribution >= 4 is 11.0 Å². The fraction of sp³-hybridized carbons (Fsp3) is 0.190. The molecule has 0 spiro atoms. The van der Waals surface area contributed by atoms with Crippen molar-refractivity contribution < 1.29 is 0 Å². The van der Waals surface area contributed by atoms with Crippen LogP contribution in [-0.2, 0) is 6.54 Å². The Labute approximate surface area is 141 Å². The predicted molar refractivity (Wildman–Crippen MR) is 98.5 cm³/mol. The van der Waals surface area contributed by atoms with Gasteiger partial charge in [-0.05, 0) is 30.2 Å². The molecule has 1 aromatic heterocycles. The summed E-state index contributed by atoms with van der Waals surface area (Å²) in [6.07, 6.45) is 8.56. The number of imidazole rings is 1. The van der Waals surface area contributed by atoms with Gasteiger partial charge in [-0.3, -0.25) is 9.13 Å². The van der Waals surface area contributed by atoms with E-state index in [0.717, 1.165) is 16.7 Å². The molecule has 2 aromatic carbocycles. The highest BCUT2D eigenvalue weighted by Crippen LogP contribution is 2.23. The average Bonchev–Trinajstić information content (AvgIpc) is 2.90. The topological polar surface area (TPSA) is 26.9 Å². The molecule has 2 atom stereocenters. The van der Waals surface area contributed by atoms with Crippen LogP contribution in [0.25, 0.3) is 16.7 Å². The van der Waals surface area contributed by atoms with Gasteiger partial charge in [-0.25, -0.2) is 4.79 Å². The summed E-state index contributed by atoms with van der Waals surface area (Å²) in [7, 11) is 0. The Kier molecular flexibility index (Phi) is 3.69. The highest BCUT2D eigenvalue weighted by Gasteiger charge is 2.20. The zero-order chi connectivity index (χ0) is 16.5. The maximum atomic E-state index is 13.2. The summed E-state index contributed by atoms with van der Waals surface area (Å²) in [5.74, 6) is 0.767. The molecule has 4 rings (SSSR count). The Morgan fingerprint density at radius 3 is 2.29 bits per heavy atom. The van der Waals surface area contributed by atoms with Gasteiger partial charge in [0.05, 0.1) is 16.7 Å². The molecule has 0 fully saturated rings. The van der Waals surface area contributed by atoms with Crippen LogP contribution in [0.2, 0.25) is 0 Å². The lowest BCUT2D eigenvalue weighted by Gasteiger charge is -2.20. The molecule has 1 aliphatic carbocycles. The molecule has 0 amide bonds. The molecular formula is C21H20N2O. The lowest BCUT2D eigenvalue weighted by atomic mass is 9.90. The van der Waals surface area contributed by atoms with E-state index in [0.29, 0.717) is 18.4 Å². The summed E-state index contributed by atoms with van der Waals surface area (Å²) in [5, 5.41) is 0. The van der Waals surface area contributed by atoms with Gasteiger partial charge in [0.2, 0.25) is 0 Å². The maximum Gasteiger partial charge on any atom is 0.333 e. The quantitative estimate of drug-likeness (QED) is 0.712. The number of rotatable bonds is 3. The molecule has 120 valence electrons. The summed E-state index contributed by atoms with van der Waals surface area (Å²) in [6.45, 7) is 2.90. The minimum atomic E-state index is 0.0255. The van der Waals surface area contributed by atoms with Crippen molar-refractivity contribution in [2.45, 2.75) is 13.5 Å². The Morgan fingerprint density at radius 2 is 1.54 bits per heavy atom. The molecule has 2 unspecified atom stereocenters. The van der Waals surface area contributed by atoms with Crippen LogP contribution in [0.3, 0.4) is 0 Å². The first-order valence-corrected chi connectivity index (χ1v) is 8.36. The number of hydrogen-bond donors (Lipinski definition) is 0. The molecule has 0 saturated heterocycles. The molecule has 1 heterocycles. The van der Waals surface area contributed by atoms with E-state index in [1.54, 1.807) is 0 Å². The molecule has 1 aliphatic rings. The largest absolute Gasteiger partial charge is 0.333 e. The third kappa shape index (κ3) is 2.42. The van der Waals surface area contributed by atoms with Crippen molar-refractivity contribution in [1.82, 2.24) is 9.13 Å². The Balaban J connectivity index is 1.88. The zero-order valence-electron chi connectivity index (χ0n) is 13.7. The van der Waals surface area contributed by atoms with Crippen molar-refractivity contribution in [3.63, 3.8) is 0 Å². The van der Waals surface area contributed by atoms with Gasteiger partial charge in [0.25, 0.3) is 0 Å². The number of fused-ring (bicyclic) bond motifs is 1. The highest BCUT2D eigenvalue weighted by atomic mass is 16.1. The van der Waals surface area contributed by atoms with E-state index in [1.807, 2.05) is 63.7 Å². The number of benzene rings is 2. The number of allylic oxidation sites excluding steroid dienone is 4. The third-order valence-electron chi connectivity index (χ3n) is 4.80. The number of aromatic nitrogens is 2. The van der Waals surface area contributed by atoms with Gasteiger partial charge in [-0.1, -0.05) is 61.6 Å². The lowest BCUT2D eigenvalue weighted by Crippen LogP contribution is -2.27. The number of para-hydroxylation sites is 3. The first kappa shape index (κ1) is 14.8. The summed E-state index contributed by atoms with van der Waals surface area (Å²) < 4.78 is 3.72. The van der Waals surface area contributed by atoms with Crippen LogP contribution in [0.5, 0.6) is 0 Å². The second kappa shape index (κ2) is 6.00. The Morgan fingerprint density at radius 1 is 0.875 bits per heavy atom. The normalized spacial score (nSPS) is 19.9. The van der Waals surface area contributed by atoms with E-state index in [-0.39, 0.29) is 5.69 Å². The maximum absolute atomic E-state index is 13.2. The first-order chi connectivity index (χ1) is 11.8. The molecule has 0 N–H and O–H groups in total. The minimum Gasteiger partial charge on any atom is -0.291 e. The monoisotopic (exact) mass is 316 g/mol. The number of hydrogen-bond acceptors (Lipinski definition) is 1. The predicted octanol–water partition coefficient (Wildman–Crippen LogP) is 4.17. The van der Waals surface area contributed by atoms with Crippen molar-refractivity contribution in [3.8, 4) is 5.69 Å². The minimum absolute atomic E-state index is 0.0255. The second-order valence-electron chi connectivity index (χ2n) is 6.35. The van der Waals surface area contributed by atoms with Crippen molar-refractivity contribution in [3.05, 3.63) is 89.4 Å². The first-order valence-electron chi connectivity index (χ1n) is 8.36. The van der Waals surface area contributed by atoms with Crippen LogP contribution in [0.15, 0.2) is 83.7 Å². The Bertz CT molecular complexity index is 976. The van der Waals surface area contributed by atoms with Gasteiger partial charge in [-0.2, -0.15) is 0 Å². The smallest absolute Gasteiger partial charge is 0.291 e. The van der Waals surface area contributed by atoms with Gasteiger partial charge in [0.1, 0.15) is 0 Å². The zero-order valence-corrected chi connectivity index (χ0v) is 13.7. The summed E-state index contributed by atoms with van der Waals surface area (Å²) in [4.78, 5) is 13.2. The number of nitrogens with zero attached hydrogens (tertiary/aromatic N) is 2. The molecule has 0 saturated carbocycles. The van der Waals surface area contributed by atoms with Crippen LogP contribution in [0.4, 0.5) is 0 Å². The third-order valence-corrected chi connectivity index (χ3v) is 4.80. The van der Waals surface area contributed by atoms with Crippen LogP contribution in [0, 0.1) is 11.8 Å². The summed E-state index contributed by atoms with van der Waals surface area (Å²) in [6, 6.07) is 17.9. The van der Waals surface area contributed by atoms with E-state index < -0.39 is 0 Å². The standard InChI is InChI=1S/C21H20N2O/c1-16-9-5-6-10-17(16)15-22-19-13-7-8-14-20(19)23(21(22)24)18-11-3-2-4-12-18/h2-14,16-17H,15H2,1H3. The highest BCUT2D eigenvalue weighted by molar-refractivity contribution is 5.78. The van der Waals surface area contributed by atoms with Crippen molar-refractivity contribution in [2.24, 2.45) is 11.8 Å². The molecule has 0 radical (unpaired) electrons. The Hall–Kier alpha value is -2.81. The fourth-order valence-electron chi connectivity index (χ4n) is 3.41. The van der Waals surface area contributed by atoms with Crippen molar-refractivity contribution in [2.75, 3.05) is 0 Å². The molecular weight excluding hydrogens is 296 g/mol. The van der Waals surface area contributed by atoms with Crippen LogP contribution < -0.4 is 5.69 Å². The van der Waals surface area contributed by atoms with E-state index >= 15 is 0 Å². The molecule has 24 heavy (non-hydrogen) atoms. The second-order valence-corrected chi connectivity index (χ2v) is 6.35. The van der Waals surface area contributed by atoms with Crippen LogP contribution in [0.1, 0.15) is 6.92 Å². The van der Waals surface area contributed by atoms with Crippen LogP contribution >= 0.6 is 0 Å². The van der Waals surface area contributed by atoms with E-state index in [1.165, 1.54) is 0 Å². The van der Waals surface area contributed by atoms with E-state index in [4.69, 9.17) is 0 Å².